The first-order chi connectivity index (χ1) is 10.4. The average Bonchev–Trinajstić information content (AvgIpc) is 2.46. The molecule has 0 heterocycles. The lowest BCUT2D eigenvalue weighted by atomic mass is 10.3. The maximum atomic E-state index is 13.4. The highest BCUT2D eigenvalue weighted by Crippen LogP contribution is 2.22. The Bertz CT molecular complexity index is 532. The summed E-state index contributed by atoms with van der Waals surface area (Å²) in [7, 11) is 1.57. The highest BCUT2D eigenvalue weighted by atomic mass is 32.2. The third-order valence-corrected chi connectivity index (χ3v) is 3.61. The zero-order valence-corrected chi connectivity index (χ0v) is 13.7. The standard InChI is InChI=1S/C13H17F2N3O2S2/c1-8(6-20-2)16-13(21)18-17-12(19)7-22-11-5-9(14)3-4-10(11)15/h3-5,8H,6-7H2,1-2H3,(H,17,19)(H2,16,18,21)/t8-/m1/s1. The Balaban J connectivity index is 2.31. The van der Waals surface area contributed by atoms with Crippen LogP contribution in [0.5, 0.6) is 0 Å². The van der Waals surface area contributed by atoms with E-state index >= 15 is 0 Å². The monoisotopic (exact) mass is 349 g/mol. The van der Waals surface area contributed by atoms with Gasteiger partial charge >= 0.3 is 0 Å². The predicted molar refractivity (Wildman–Crippen MR) is 85.4 cm³/mol. The number of methoxy groups -OCH3 is 1. The van der Waals surface area contributed by atoms with Crippen LogP contribution in [0, 0.1) is 11.6 Å². The van der Waals surface area contributed by atoms with E-state index in [0.717, 1.165) is 30.0 Å². The fourth-order valence-electron chi connectivity index (χ4n) is 1.45. The summed E-state index contributed by atoms with van der Waals surface area (Å²) in [6, 6.07) is 3.06. The number of carbonyl (C=O) groups excluding carboxylic acids is 1. The van der Waals surface area contributed by atoms with Gasteiger partial charge in [-0.3, -0.25) is 15.6 Å². The molecule has 1 aromatic carbocycles. The summed E-state index contributed by atoms with van der Waals surface area (Å²) in [5, 5.41) is 3.13. The van der Waals surface area contributed by atoms with Crippen LogP contribution in [0.4, 0.5) is 8.78 Å². The van der Waals surface area contributed by atoms with Crippen LogP contribution in [-0.4, -0.2) is 36.5 Å². The van der Waals surface area contributed by atoms with Crippen molar-refractivity contribution >= 4 is 35.0 Å². The Labute approximate surface area is 137 Å². The highest BCUT2D eigenvalue weighted by Gasteiger charge is 2.09. The Hall–Kier alpha value is -1.45. The van der Waals surface area contributed by atoms with E-state index in [1.165, 1.54) is 0 Å². The van der Waals surface area contributed by atoms with Crippen molar-refractivity contribution in [2.75, 3.05) is 19.5 Å². The molecule has 0 aliphatic rings. The number of thiocarbonyl (C=S) groups is 1. The van der Waals surface area contributed by atoms with Gasteiger partial charge in [0.05, 0.1) is 12.4 Å². The quantitative estimate of drug-likeness (QED) is 0.412. The lowest BCUT2D eigenvalue weighted by Gasteiger charge is -2.16. The first-order valence-electron chi connectivity index (χ1n) is 6.34. The third-order valence-electron chi connectivity index (χ3n) is 2.36. The number of nitrogens with one attached hydrogen (secondary N) is 3. The zero-order chi connectivity index (χ0) is 16.5. The molecule has 5 nitrogen and oxygen atoms in total. The van der Waals surface area contributed by atoms with Crippen LogP contribution in [0.2, 0.25) is 0 Å². The van der Waals surface area contributed by atoms with Crippen molar-refractivity contribution in [1.29, 1.82) is 0 Å². The molecule has 0 saturated heterocycles. The van der Waals surface area contributed by atoms with Crippen molar-refractivity contribution in [2.45, 2.75) is 17.9 Å². The number of benzene rings is 1. The van der Waals surface area contributed by atoms with Gasteiger partial charge in [0.2, 0.25) is 5.91 Å². The van der Waals surface area contributed by atoms with Crippen LogP contribution in [-0.2, 0) is 9.53 Å². The molecule has 0 spiro atoms. The van der Waals surface area contributed by atoms with Crippen LogP contribution in [0.15, 0.2) is 23.1 Å². The second kappa shape index (κ2) is 9.54. The molecule has 0 radical (unpaired) electrons. The van der Waals surface area contributed by atoms with E-state index in [1.807, 2.05) is 6.92 Å². The third kappa shape index (κ3) is 7.01. The van der Waals surface area contributed by atoms with E-state index in [-0.39, 0.29) is 21.8 Å². The maximum absolute atomic E-state index is 13.4. The molecule has 0 aliphatic carbocycles. The van der Waals surface area contributed by atoms with Crippen LogP contribution >= 0.6 is 24.0 Å². The maximum Gasteiger partial charge on any atom is 0.248 e. The summed E-state index contributed by atoms with van der Waals surface area (Å²) in [4.78, 5) is 11.7. The highest BCUT2D eigenvalue weighted by molar-refractivity contribution is 8.00. The van der Waals surface area contributed by atoms with Crippen molar-refractivity contribution in [3.8, 4) is 0 Å². The number of carbonyl (C=O) groups is 1. The summed E-state index contributed by atoms with van der Waals surface area (Å²) < 4.78 is 31.3. The largest absolute Gasteiger partial charge is 0.383 e. The van der Waals surface area contributed by atoms with Crippen molar-refractivity contribution in [3.05, 3.63) is 29.8 Å². The Kier molecular flexibility index (Phi) is 8.07. The van der Waals surface area contributed by atoms with Crippen LogP contribution in [0.3, 0.4) is 0 Å². The van der Waals surface area contributed by atoms with E-state index in [2.05, 4.69) is 16.2 Å². The van der Waals surface area contributed by atoms with Crippen LogP contribution in [0.25, 0.3) is 0 Å². The molecule has 9 heteroatoms. The number of hydrogen-bond donors (Lipinski definition) is 3. The van der Waals surface area contributed by atoms with Gasteiger partial charge < -0.3 is 10.1 Å². The summed E-state index contributed by atoms with van der Waals surface area (Å²) in [6.45, 7) is 2.33. The van der Waals surface area contributed by atoms with Gasteiger partial charge in [-0.05, 0) is 37.3 Å². The number of rotatable bonds is 6. The number of halogens is 2. The normalized spacial score (nSPS) is 11.6. The minimum atomic E-state index is -0.572. The smallest absolute Gasteiger partial charge is 0.248 e. The molecule has 22 heavy (non-hydrogen) atoms. The molecular formula is C13H17F2N3O2S2. The minimum absolute atomic E-state index is 0.0160. The van der Waals surface area contributed by atoms with E-state index in [0.29, 0.717) is 6.61 Å². The molecular weight excluding hydrogens is 332 g/mol. The zero-order valence-electron chi connectivity index (χ0n) is 12.1. The lowest BCUT2D eigenvalue weighted by molar-refractivity contribution is -0.119. The molecule has 0 unspecified atom stereocenters. The van der Waals surface area contributed by atoms with Gasteiger partial charge in [0.25, 0.3) is 0 Å². The summed E-state index contributed by atoms with van der Waals surface area (Å²) in [6.07, 6.45) is 0. The van der Waals surface area contributed by atoms with Crippen molar-refractivity contribution in [1.82, 2.24) is 16.2 Å². The Morgan fingerprint density at radius 1 is 1.41 bits per heavy atom. The average molecular weight is 349 g/mol. The predicted octanol–water partition coefficient (Wildman–Crippen LogP) is 1.59. The number of ether oxygens (including phenoxy) is 1. The minimum Gasteiger partial charge on any atom is -0.383 e. The molecule has 122 valence electrons. The van der Waals surface area contributed by atoms with Gasteiger partial charge in [-0.25, -0.2) is 8.78 Å². The second-order valence-electron chi connectivity index (χ2n) is 4.37. The fraction of sp³-hybridized carbons (Fsp3) is 0.385. The Morgan fingerprint density at radius 3 is 2.82 bits per heavy atom. The number of thioether (sulfide) groups is 1. The molecule has 0 saturated carbocycles. The van der Waals surface area contributed by atoms with Crippen molar-refractivity contribution in [2.24, 2.45) is 0 Å². The van der Waals surface area contributed by atoms with Gasteiger partial charge in [-0.1, -0.05) is 0 Å². The molecule has 1 rings (SSSR count). The Morgan fingerprint density at radius 2 is 2.14 bits per heavy atom. The molecule has 1 amide bonds. The summed E-state index contributed by atoms with van der Waals surface area (Å²) >= 11 is 5.86. The summed E-state index contributed by atoms with van der Waals surface area (Å²) in [5.41, 5.74) is 4.88. The van der Waals surface area contributed by atoms with Gasteiger partial charge in [-0.2, -0.15) is 0 Å². The van der Waals surface area contributed by atoms with Gasteiger partial charge in [0.15, 0.2) is 5.11 Å². The molecule has 0 bridgehead atoms. The van der Waals surface area contributed by atoms with E-state index in [4.69, 9.17) is 17.0 Å². The van der Waals surface area contributed by atoms with Crippen LogP contribution < -0.4 is 16.2 Å². The van der Waals surface area contributed by atoms with Gasteiger partial charge in [-0.15, -0.1) is 11.8 Å². The molecule has 1 aromatic rings. The lowest BCUT2D eigenvalue weighted by Crippen LogP contribution is -2.50. The van der Waals surface area contributed by atoms with E-state index in [9.17, 15) is 13.6 Å². The molecule has 0 aliphatic heterocycles. The van der Waals surface area contributed by atoms with Gasteiger partial charge in [0, 0.05) is 18.0 Å². The molecule has 0 aromatic heterocycles. The first-order valence-corrected chi connectivity index (χ1v) is 7.74. The van der Waals surface area contributed by atoms with Gasteiger partial charge in [0.1, 0.15) is 11.6 Å². The number of amides is 1. The van der Waals surface area contributed by atoms with Crippen molar-refractivity contribution in [3.63, 3.8) is 0 Å². The SMILES string of the molecule is COC[C@@H](C)NC(=S)NNC(=O)CSc1cc(F)ccc1F. The molecule has 3 N–H and O–H groups in total. The van der Waals surface area contributed by atoms with Crippen molar-refractivity contribution < 1.29 is 18.3 Å². The summed E-state index contributed by atoms with van der Waals surface area (Å²) in [5.74, 6) is -1.63. The van der Waals surface area contributed by atoms with Crippen LogP contribution in [0.1, 0.15) is 6.92 Å². The number of hydrazine groups is 1. The number of hydrogen-bond acceptors (Lipinski definition) is 4. The van der Waals surface area contributed by atoms with E-state index in [1.54, 1.807) is 7.11 Å². The topological polar surface area (TPSA) is 62.4 Å². The fourth-order valence-corrected chi connectivity index (χ4v) is 2.46. The molecule has 1 atom stereocenters. The second-order valence-corrected chi connectivity index (χ2v) is 5.79. The first kappa shape index (κ1) is 18.6. The van der Waals surface area contributed by atoms with E-state index < -0.39 is 17.5 Å². The molecule has 0 fully saturated rings.